The van der Waals surface area contributed by atoms with Crippen molar-refractivity contribution in [3.05, 3.63) is 59.1 Å². The van der Waals surface area contributed by atoms with Crippen molar-refractivity contribution in [2.75, 3.05) is 0 Å². The second-order valence-electron chi connectivity index (χ2n) is 5.04. The third-order valence-corrected chi connectivity index (χ3v) is 3.98. The number of hydrogen-bond acceptors (Lipinski definition) is 2. The minimum atomic E-state index is -1.47. The predicted octanol–water partition coefficient (Wildman–Crippen LogP) is 3.90. The molecule has 0 aliphatic heterocycles. The summed E-state index contributed by atoms with van der Waals surface area (Å²) in [5, 5.41) is 18.7. The first-order valence-electron chi connectivity index (χ1n) is 6.72. The van der Waals surface area contributed by atoms with Crippen LogP contribution in [0.25, 0.3) is 11.1 Å². The van der Waals surface area contributed by atoms with E-state index in [0.717, 1.165) is 11.1 Å². The molecular formula is C17H15ClO4. The van der Waals surface area contributed by atoms with Crippen LogP contribution in [0, 0.1) is 5.92 Å². The lowest BCUT2D eigenvalue weighted by molar-refractivity contribution is -0.155. The van der Waals surface area contributed by atoms with Gasteiger partial charge in [0.25, 0.3) is 0 Å². The summed E-state index contributed by atoms with van der Waals surface area (Å²) in [6.45, 7) is 1.59. The molecule has 0 heterocycles. The van der Waals surface area contributed by atoms with E-state index in [0.29, 0.717) is 10.6 Å². The minimum Gasteiger partial charge on any atom is -0.481 e. The maximum Gasteiger partial charge on any atom is 0.318 e. The third kappa shape index (κ3) is 3.28. The number of carbonyl (C=O) groups is 2. The van der Waals surface area contributed by atoms with Gasteiger partial charge in [-0.2, -0.15) is 0 Å². The normalized spacial score (nSPS) is 12.1. The van der Waals surface area contributed by atoms with E-state index in [9.17, 15) is 9.59 Å². The van der Waals surface area contributed by atoms with E-state index in [-0.39, 0.29) is 0 Å². The molecule has 2 aromatic carbocycles. The fraction of sp³-hybridized carbons (Fsp3) is 0.176. The van der Waals surface area contributed by atoms with Crippen LogP contribution < -0.4 is 0 Å². The minimum absolute atomic E-state index is 0.622. The van der Waals surface area contributed by atoms with Crippen molar-refractivity contribution in [2.45, 2.75) is 12.8 Å². The van der Waals surface area contributed by atoms with Crippen molar-refractivity contribution in [3.8, 4) is 11.1 Å². The molecule has 4 nitrogen and oxygen atoms in total. The zero-order chi connectivity index (χ0) is 16.3. The second kappa shape index (κ2) is 6.62. The van der Waals surface area contributed by atoms with E-state index in [1.165, 1.54) is 0 Å². The van der Waals surface area contributed by atoms with E-state index < -0.39 is 23.8 Å². The van der Waals surface area contributed by atoms with Crippen LogP contribution in [0.5, 0.6) is 0 Å². The summed E-state index contributed by atoms with van der Waals surface area (Å²) in [5.41, 5.74) is 2.42. The van der Waals surface area contributed by atoms with Gasteiger partial charge in [-0.05, 0) is 17.2 Å². The monoisotopic (exact) mass is 318 g/mol. The highest BCUT2D eigenvalue weighted by molar-refractivity contribution is 6.33. The first-order valence-corrected chi connectivity index (χ1v) is 7.10. The zero-order valence-electron chi connectivity index (χ0n) is 11.9. The zero-order valence-corrected chi connectivity index (χ0v) is 12.6. The molecule has 22 heavy (non-hydrogen) atoms. The lowest BCUT2D eigenvalue weighted by Gasteiger charge is -2.17. The van der Waals surface area contributed by atoms with Crippen LogP contribution in [-0.2, 0) is 9.59 Å². The molecule has 0 bridgehead atoms. The summed E-state index contributed by atoms with van der Waals surface area (Å²) >= 11 is 6.14. The van der Waals surface area contributed by atoms with Gasteiger partial charge in [0.15, 0.2) is 5.92 Å². The van der Waals surface area contributed by atoms with E-state index >= 15 is 0 Å². The molecule has 0 fully saturated rings. The van der Waals surface area contributed by atoms with E-state index in [1.54, 1.807) is 25.1 Å². The Morgan fingerprint density at radius 2 is 1.50 bits per heavy atom. The molecule has 0 spiro atoms. The van der Waals surface area contributed by atoms with Crippen molar-refractivity contribution in [2.24, 2.45) is 5.92 Å². The Hall–Kier alpha value is -2.33. The maximum atomic E-state index is 11.1. The molecule has 0 saturated heterocycles. The van der Waals surface area contributed by atoms with Crippen LogP contribution in [0.4, 0.5) is 0 Å². The van der Waals surface area contributed by atoms with Crippen molar-refractivity contribution in [1.82, 2.24) is 0 Å². The molecule has 0 aromatic heterocycles. The average molecular weight is 319 g/mol. The number of halogens is 1. The number of benzene rings is 2. The molecule has 0 radical (unpaired) electrons. The molecule has 5 heteroatoms. The van der Waals surface area contributed by atoms with Crippen molar-refractivity contribution in [3.63, 3.8) is 0 Å². The molecule has 1 atom stereocenters. The topological polar surface area (TPSA) is 74.6 Å². The Kier molecular flexibility index (Phi) is 4.83. The van der Waals surface area contributed by atoms with Gasteiger partial charge in [0.1, 0.15) is 0 Å². The van der Waals surface area contributed by atoms with Gasteiger partial charge >= 0.3 is 11.9 Å². The first-order chi connectivity index (χ1) is 10.4. The summed E-state index contributed by atoms with van der Waals surface area (Å²) in [6, 6.07) is 14.5. The Balaban J connectivity index is 2.31. The van der Waals surface area contributed by atoms with Crippen LogP contribution in [0.1, 0.15) is 18.4 Å². The first kappa shape index (κ1) is 16.0. The van der Waals surface area contributed by atoms with Gasteiger partial charge in [-0.25, -0.2) is 0 Å². The van der Waals surface area contributed by atoms with Crippen molar-refractivity contribution in [1.29, 1.82) is 0 Å². The maximum absolute atomic E-state index is 11.1. The summed E-state index contributed by atoms with van der Waals surface area (Å²) in [4.78, 5) is 22.2. The molecule has 2 N–H and O–H groups in total. The molecular weight excluding hydrogens is 304 g/mol. The molecule has 0 aliphatic carbocycles. The Morgan fingerprint density at radius 1 is 0.955 bits per heavy atom. The second-order valence-corrected chi connectivity index (χ2v) is 5.45. The van der Waals surface area contributed by atoms with Gasteiger partial charge in [0.05, 0.1) is 0 Å². The Bertz CT molecular complexity index is 680. The largest absolute Gasteiger partial charge is 0.481 e. The fourth-order valence-electron chi connectivity index (χ4n) is 2.39. The predicted molar refractivity (Wildman–Crippen MR) is 84.1 cm³/mol. The van der Waals surface area contributed by atoms with E-state index in [4.69, 9.17) is 21.8 Å². The molecule has 0 saturated carbocycles. The highest BCUT2D eigenvalue weighted by atomic mass is 35.5. The SMILES string of the molecule is CC(c1ccc(-c2ccccc2Cl)cc1)C(C(=O)O)C(=O)O. The average Bonchev–Trinajstić information content (AvgIpc) is 2.47. The third-order valence-electron chi connectivity index (χ3n) is 3.65. The number of hydrogen-bond donors (Lipinski definition) is 2. The molecule has 0 amide bonds. The number of rotatable bonds is 5. The Morgan fingerprint density at radius 3 is 2.00 bits per heavy atom. The number of aliphatic carboxylic acids is 2. The molecule has 114 valence electrons. The van der Waals surface area contributed by atoms with Crippen LogP contribution in [0.15, 0.2) is 48.5 Å². The summed E-state index contributed by atoms with van der Waals surface area (Å²) in [7, 11) is 0. The van der Waals surface area contributed by atoms with Crippen LogP contribution >= 0.6 is 11.6 Å². The van der Waals surface area contributed by atoms with Crippen molar-refractivity contribution >= 4 is 23.5 Å². The van der Waals surface area contributed by atoms with Crippen molar-refractivity contribution < 1.29 is 19.8 Å². The molecule has 2 aromatic rings. The lowest BCUT2D eigenvalue weighted by Crippen LogP contribution is -2.28. The van der Waals surface area contributed by atoms with Gasteiger partial charge in [-0.1, -0.05) is 61.0 Å². The summed E-state index contributed by atoms with van der Waals surface area (Å²) in [5.74, 6) is -4.77. The van der Waals surface area contributed by atoms with Crippen LogP contribution in [0.3, 0.4) is 0 Å². The highest BCUT2D eigenvalue weighted by Crippen LogP contribution is 2.30. The molecule has 2 rings (SSSR count). The highest BCUT2D eigenvalue weighted by Gasteiger charge is 2.32. The van der Waals surface area contributed by atoms with Crippen LogP contribution in [-0.4, -0.2) is 22.2 Å². The Labute approximate surface area is 133 Å². The van der Waals surface area contributed by atoms with Gasteiger partial charge in [-0.3, -0.25) is 9.59 Å². The van der Waals surface area contributed by atoms with Gasteiger partial charge in [0.2, 0.25) is 0 Å². The van der Waals surface area contributed by atoms with E-state index in [2.05, 4.69) is 0 Å². The lowest BCUT2D eigenvalue weighted by atomic mass is 9.87. The van der Waals surface area contributed by atoms with Gasteiger partial charge < -0.3 is 10.2 Å². The molecule has 1 unspecified atom stereocenters. The summed E-state index contributed by atoms with van der Waals surface area (Å²) in [6.07, 6.45) is 0. The summed E-state index contributed by atoms with van der Waals surface area (Å²) < 4.78 is 0. The smallest absolute Gasteiger partial charge is 0.318 e. The molecule has 0 aliphatic rings. The van der Waals surface area contributed by atoms with Gasteiger partial charge in [0, 0.05) is 16.5 Å². The standard InChI is InChI=1S/C17H15ClO4/c1-10(15(16(19)20)17(21)22)11-6-8-12(9-7-11)13-4-2-3-5-14(13)18/h2-10,15H,1H3,(H,19,20)(H,21,22). The van der Waals surface area contributed by atoms with E-state index in [1.807, 2.05) is 30.3 Å². The van der Waals surface area contributed by atoms with Gasteiger partial charge in [-0.15, -0.1) is 0 Å². The quantitative estimate of drug-likeness (QED) is 0.820. The number of carboxylic acid groups (broad SMARTS) is 2. The van der Waals surface area contributed by atoms with Crippen LogP contribution in [0.2, 0.25) is 5.02 Å². The fourth-order valence-corrected chi connectivity index (χ4v) is 2.63. The number of carboxylic acids is 2.